The first-order chi connectivity index (χ1) is 16.2. The van der Waals surface area contributed by atoms with Crippen LogP contribution < -0.4 is 23.3 Å². The van der Waals surface area contributed by atoms with Crippen LogP contribution in [-0.2, 0) is 10.0 Å². The molecule has 0 N–H and O–H groups in total. The number of methoxy groups -OCH3 is 4. The highest BCUT2D eigenvalue weighted by atomic mass is 32.2. The van der Waals surface area contributed by atoms with Crippen LogP contribution >= 0.6 is 0 Å². The van der Waals surface area contributed by atoms with Crippen LogP contribution in [0, 0.1) is 12.7 Å². The highest BCUT2D eigenvalue weighted by molar-refractivity contribution is 7.92. The minimum Gasteiger partial charge on any atom is -0.497 e. The second kappa shape index (κ2) is 10.2. The summed E-state index contributed by atoms with van der Waals surface area (Å²) in [5, 5.41) is 0. The van der Waals surface area contributed by atoms with Crippen molar-refractivity contribution in [3.8, 4) is 23.0 Å². The summed E-state index contributed by atoms with van der Waals surface area (Å²) >= 11 is 0. The van der Waals surface area contributed by atoms with Crippen molar-refractivity contribution in [2.75, 3.05) is 32.7 Å². The van der Waals surface area contributed by atoms with Crippen LogP contribution in [-0.4, -0.2) is 36.9 Å². The van der Waals surface area contributed by atoms with Crippen molar-refractivity contribution >= 4 is 15.7 Å². The molecule has 0 aliphatic rings. The van der Waals surface area contributed by atoms with Crippen LogP contribution in [0.4, 0.5) is 10.1 Å². The average Bonchev–Trinajstić information content (AvgIpc) is 2.84. The maximum absolute atomic E-state index is 14.1. The predicted octanol–water partition coefficient (Wildman–Crippen LogP) is 5.13. The third kappa shape index (κ3) is 4.75. The fourth-order valence-electron chi connectivity index (χ4n) is 3.78. The number of ether oxygens (including phenoxy) is 4. The number of anilines is 1. The minimum absolute atomic E-state index is 0.143. The van der Waals surface area contributed by atoms with Gasteiger partial charge in [0, 0.05) is 11.6 Å². The Morgan fingerprint density at radius 1 is 0.794 bits per heavy atom. The smallest absolute Gasteiger partial charge is 0.265 e. The normalized spacial score (nSPS) is 12.1. The molecule has 0 spiro atoms. The first-order valence-electron chi connectivity index (χ1n) is 10.4. The van der Waals surface area contributed by atoms with Gasteiger partial charge in [-0.2, -0.15) is 0 Å². The Kier molecular flexibility index (Phi) is 7.56. The highest BCUT2D eigenvalue weighted by Gasteiger charge is 2.34. The molecule has 9 heteroatoms. The molecule has 0 saturated carbocycles. The number of aryl methyl sites for hydroxylation is 1. The molecule has 0 aromatic heterocycles. The fraction of sp³-hybridized carbons (Fsp3) is 0.280. The van der Waals surface area contributed by atoms with Gasteiger partial charge in [0.15, 0.2) is 11.5 Å². The molecule has 0 amide bonds. The third-order valence-corrected chi connectivity index (χ3v) is 7.59. The SMILES string of the molecule is COc1ccc(OC)c([C@@H](C)N(c2ccc(OC)c(OC)c2)S(=O)(=O)c2cc(F)ccc2C)c1. The topological polar surface area (TPSA) is 74.3 Å². The largest absolute Gasteiger partial charge is 0.497 e. The quantitative estimate of drug-likeness (QED) is 0.415. The van der Waals surface area contributed by atoms with Crippen molar-refractivity contribution in [3.63, 3.8) is 0 Å². The number of nitrogens with zero attached hydrogens (tertiary/aromatic N) is 1. The van der Waals surface area contributed by atoms with Crippen molar-refractivity contribution in [1.82, 2.24) is 0 Å². The molecular formula is C25H28FNO6S. The molecule has 182 valence electrons. The molecule has 0 aliphatic heterocycles. The van der Waals surface area contributed by atoms with Gasteiger partial charge in [0.05, 0.1) is 45.1 Å². The van der Waals surface area contributed by atoms with Crippen LogP contribution in [0.3, 0.4) is 0 Å². The summed E-state index contributed by atoms with van der Waals surface area (Å²) in [6.07, 6.45) is 0. The predicted molar refractivity (Wildman–Crippen MR) is 128 cm³/mol. The van der Waals surface area contributed by atoms with E-state index in [1.807, 2.05) is 0 Å². The summed E-state index contributed by atoms with van der Waals surface area (Å²) in [6, 6.07) is 12.8. The summed E-state index contributed by atoms with van der Waals surface area (Å²) in [6.45, 7) is 3.34. The standard InChI is InChI=1S/C25H28FNO6S/c1-16-7-8-18(26)13-25(16)34(28,29)27(19-9-11-23(32-5)24(14-19)33-6)17(2)21-15-20(30-3)10-12-22(21)31-4/h7-15,17H,1-6H3/t17-/m1/s1. The van der Waals surface area contributed by atoms with Gasteiger partial charge in [0.25, 0.3) is 10.0 Å². The Balaban J connectivity index is 2.30. The second-order valence-electron chi connectivity index (χ2n) is 7.53. The van der Waals surface area contributed by atoms with Gasteiger partial charge >= 0.3 is 0 Å². The molecule has 0 bridgehead atoms. The van der Waals surface area contributed by atoms with Crippen LogP contribution in [0.5, 0.6) is 23.0 Å². The average molecular weight is 490 g/mol. The van der Waals surface area contributed by atoms with Gasteiger partial charge in [-0.15, -0.1) is 0 Å². The van der Waals surface area contributed by atoms with Crippen LogP contribution in [0.1, 0.15) is 24.1 Å². The van der Waals surface area contributed by atoms with E-state index in [9.17, 15) is 12.8 Å². The summed E-state index contributed by atoms with van der Waals surface area (Å²) in [7, 11) is 1.74. The van der Waals surface area contributed by atoms with Gasteiger partial charge < -0.3 is 18.9 Å². The maximum atomic E-state index is 14.1. The fourth-order valence-corrected chi connectivity index (χ4v) is 5.65. The zero-order chi connectivity index (χ0) is 25.0. The van der Waals surface area contributed by atoms with Gasteiger partial charge in [-0.3, -0.25) is 4.31 Å². The van der Waals surface area contributed by atoms with E-state index < -0.39 is 21.9 Å². The second-order valence-corrected chi connectivity index (χ2v) is 9.32. The Morgan fingerprint density at radius 3 is 2.06 bits per heavy atom. The molecule has 3 aromatic carbocycles. The number of hydrogen-bond donors (Lipinski definition) is 0. The highest BCUT2D eigenvalue weighted by Crippen LogP contribution is 2.41. The Bertz CT molecular complexity index is 1280. The molecule has 0 radical (unpaired) electrons. The number of halogens is 1. The number of hydrogen-bond acceptors (Lipinski definition) is 6. The van der Waals surface area contributed by atoms with Crippen molar-refractivity contribution in [1.29, 1.82) is 0 Å². The van der Waals surface area contributed by atoms with Gasteiger partial charge in [-0.1, -0.05) is 6.07 Å². The molecule has 0 fully saturated rings. The summed E-state index contributed by atoms with van der Waals surface area (Å²) in [5.41, 5.74) is 1.28. The summed E-state index contributed by atoms with van der Waals surface area (Å²) in [4.78, 5) is -0.143. The molecule has 3 aromatic rings. The summed E-state index contributed by atoms with van der Waals surface area (Å²) < 4.78 is 65.0. The summed E-state index contributed by atoms with van der Waals surface area (Å²) in [5.74, 6) is 1.15. The van der Waals surface area contributed by atoms with E-state index in [0.717, 1.165) is 6.07 Å². The third-order valence-electron chi connectivity index (χ3n) is 5.55. The van der Waals surface area contributed by atoms with Crippen LogP contribution in [0.15, 0.2) is 59.5 Å². The lowest BCUT2D eigenvalue weighted by molar-refractivity contribution is 0.355. The molecule has 0 heterocycles. The van der Waals surface area contributed by atoms with E-state index in [1.165, 1.54) is 44.9 Å². The monoisotopic (exact) mass is 489 g/mol. The van der Waals surface area contributed by atoms with Gasteiger partial charge in [0.1, 0.15) is 17.3 Å². The van der Waals surface area contributed by atoms with Crippen molar-refractivity contribution in [2.45, 2.75) is 24.8 Å². The first-order valence-corrected chi connectivity index (χ1v) is 11.9. The molecule has 0 saturated heterocycles. The Morgan fingerprint density at radius 2 is 1.44 bits per heavy atom. The van der Waals surface area contributed by atoms with Gasteiger partial charge in [-0.25, -0.2) is 12.8 Å². The zero-order valence-corrected chi connectivity index (χ0v) is 20.8. The number of sulfonamides is 1. The van der Waals surface area contributed by atoms with Crippen LogP contribution in [0.2, 0.25) is 0 Å². The van der Waals surface area contributed by atoms with E-state index in [2.05, 4.69) is 0 Å². The minimum atomic E-state index is -4.24. The van der Waals surface area contributed by atoms with E-state index in [1.54, 1.807) is 50.2 Å². The Hall–Kier alpha value is -3.46. The van der Waals surface area contributed by atoms with Crippen molar-refractivity contribution in [2.24, 2.45) is 0 Å². The molecule has 3 rings (SSSR count). The Labute approximate surface area is 199 Å². The van der Waals surface area contributed by atoms with Crippen molar-refractivity contribution < 1.29 is 31.8 Å². The van der Waals surface area contributed by atoms with E-state index >= 15 is 0 Å². The molecule has 0 unspecified atom stereocenters. The number of rotatable bonds is 9. The maximum Gasteiger partial charge on any atom is 0.265 e. The zero-order valence-electron chi connectivity index (χ0n) is 20.0. The van der Waals surface area contributed by atoms with E-state index in [0.29, 0.717) is 39.8 Å². The molecule has 7 nitrogen and oxygen atoms in total. The molecule has 0 aliphatic carbocycles. The first kappa shape index (κ1) is 25.2. The molecule has 34 heavy (non-hydrogen) atoms. The molecular weight excluding hydrogens is 461 g/mol. The van der Waals surface area contributed by atoms with Gasteiger partial charge in [0.2, 0.25) is 0 Å². The van der Waals surface area contributed by atoms with Crippen molar-refractivity contribution in [3.05, 3.63) is 71.5 Å². The molecule has 1 atom stereocenters. The van der Waals surface area contributed by atoms with Crippen LogP contribution in [0.25, 0.3) is 0 Å². The lowest BCUT2D eigenvalue weighted by atomic mass is 10.1. The lowest BCUT2D eigenvalue weighted by Gasteiger charge is -2.32. The lowest BCUT2D eigenvalue weighted by Crippen LogP contribution is -2.34. The number of benzene rings is 3. The van der Waals surface area contributed by atoms with Gasteiger partial charge in [-0.05, 0) is 61.9 Å². The van der Waals surface area contributed by atoms with E-state index in [4.69, 9.17) is 18.9 Å². The van der Waals surface area contributed by atoms with E-state index in [-0.39, 0.29) is 4.90 Å².